The highest BCUT2D eigenvalue weighted by atomic mass is 16.5. The Morgan fingerprint density at radius 1 is 1.07 bits per heavy atom. The average Bonchev–Trinajstić information content (AvgIpc) is 3.04. The molecule has 0 saturated carbocycles. The molecular weight excluding hydrogens is 360 g/mol. The Hall–Kier alpha value is -1.73. The van der Waals surface area contributed by atoms with E-state index in [4.69, 9.17) is 9.84 Å². The van der Waals surface area contributed by atoms with Gasteiger partial charge in [0.15, 0.2) is 0 Å². The molecular formula is C22H34O6. The molecule has 0 amide bonds. The van der Waals surface area contributed by atoms with Crippen LogP contribution >= 0.6 is 0 Å². The second-order valence-electron chi connectivity index (χ2n) is 6.92. The van der Waals surface area contributed by atoms with Crippen molar-refractivity contribution in [2.24, 2.45) is 0 Å². The zero-order valence-electron chi connectivity index (χ0n) is 16.6. The van der Waals surface area contributed by atoms with E-state index in [1.54, 1.807) is 6.08 Å². The van der Waals surface area contributed by atoms with E-state index in [9.17, 15) is 20.1 Å². The van der Waals surface area contributed by atoms with Crippen LogP contribution in [-0.2, 0) is 9.53 Å². The predicted molar refractivity (Wildman–Crippen MR) is 109 cm³/mol. The second-order valence-corrected chi connectivity index (χ2v) is 6.92. The van der Waals surface area contributed by atoms with Crippen LogP contribution in [-0.4, -0.2) is 56.9 Å². The zero-order chi connectivity index (χ0) is 20.8. The molecule has 28 heavy (non-hydrogen) atoms. The van der Waals surface area contributed by atoms with Gasteiger partial charge in [-0.25, -0.2) is 0 Å². The molecule has 0 aromatic heterocycles. The highest BCUT2D eigenvalue weighted by Gasteiger charge is 2.36. The number of carboxylic acid groups (broad SMARTS) is 1. The largest absolute Gasteiger partial charge is 0.481 e. The van der Waals surface area contributed by atoms with Crippen molar-refractivity contribution in [1.82, 2.24) is 0 Å². The van der Waals surface area contributed by atoms with Gasteiger partial charge in [-0.1, -0.05) is 55.5 Å². The minimum absolute atomic E-state index is 0.160. The monoisotopic (exact) mass is 394 g/mol. The van der Waals surface area contributed by atoms with Gasteiger partial charge in [-0.05, 0) is 32.1 Å². The lowest BCUT2D eigenvalue weighted by atomic mass is 10.0. The summed E-state index contributed by atoms with van der Waals surface area (Å²) in [5, 5.41) is 38.2. The van der Waals surface area contributed by atoms with Crippen LogP contribution in [0.1, 0.15) is 51.9 Å². The van der Waals surface area contributed by atoms with Gasteiger partial charge >= 0.3 is 5.97 Å². The van der Waals surface area contributed by atoms with Crippen molar-refractivity contribution >= 4 is 5.97 Å². The Kier molecular flexibility index (Phi) is 12.4. The molecule has 4 N–H and O–H groups in total. The Bertz CT molecular complexity index is 551. The number of carboxylic acids is 1. The molecule has 0 aliphatic carbocycles. The summed E-state index contributed by atoms with van der Waals surface area (Å²) in [4.78, 5) is 10.4. The number of aliphatic hydroxyl groups excluding tert-OH is 3. The molecule has 0 spiro atoms. The van der Waals surface area contributed by atoms with Crippen LogP contribution in [0.15, 0.2) is 48.6 Å². The van der Waals surface area contributed by atoms with E-state index in [1.807, 2.05) is 43.4 Å². The lowest BCUT2D eigenvalue weighted by Gasteiger charge is -2.16. The van der Waals surface area contributed by atoms with Crippen LogP contribution in [0.25, 0.3) is 0 Å². The van der Waals surface area contributed by atoms with Crippen molar-refractivity contribution in [2.75, 3.05) is 0 Å². The molecule has 6 nitrogen and oxygen atoms in total. The van der Waals surface area contributed by atoms with Gasteiger partial charge < -0.3 is 25.2 Å². The molecule has 0 bridgehead atoms. The van der Waals surface area contributed by atoms with Crippen molar-refractivity contribution in [3.05, 3.63) is 48.6 Å². The van der Waals surface area contributed by atoms with Crippen LogP contribution in [0.4, 0.5) is 0 Å². The van der Waals surface area contributed by atoms with Gasteiger partial charge in [0.25, 0.3) is 0 Å². The van der Waals surface area contributed by atoms with Crippen LogP contribution < -0.4 is 0 Å². The van der Waals surface area contributed by atoms with Crippen molar-refractivity contribution in [3.63, 3.8) is 0 Å². The number of hydrogen-bond donors (Lipinski definition) is 4. The summed E-state index contributed by atoms with van der Waals surface area (Å²) in [6.07, 6.45) is 15.9. The number of aliphatic hydroxyl groups is 3. The summed E-state index contributed by atoms with van der Waals surface area (Å²) in [6.45, 7) is 1.86. The number of aliphatic carboxylic acids is 1. The van der Waals surface area contributed by atoms with Crippen LogP contribution in [0.5, 0.6) is 0 Å². The molecule has 1 rings (SSSR count). The first-order valence-corrected chi connectivity index (χ1v) is 9.98. The fourth-order valence-corrected chi connectivity index (χ4v) is 2.79. The smallest absolute Gasteiger partial charge is 0.303 e. The number of rotatable bonds is 13. The summed E-state index contributed by atoms with van der Waals surface area (Å²) < 4.78 is 5.75. The second kappa shape index (κ2) is 14.3. The molecule has 5 atom stereocenters. The van der Waals surface area contributed by atoms with Gasteiger partial charge in [0, 0.05) is 12.8 Å². The molecule has 0 radical (unpaired) electrons. The number of carbonyl (C=O) groups is 1. The van der Waals surface area contributed by atoms with Crippen molar-refractivity contribution in [3.8, 4) is 0 Å². The third kappa shape index (κ3) is 10.6. The first-order chi connectivity index (χ1) is 13.4. The Morgan fingerprint density at radius 2 is 1.71 bits per heavy atom. The molecule has 1 heterocycles. The van der Waals surface area contributed by atoms with E-state index in [0.717, 1.165) is 12.8 Å². The quantitative estimate of drug-likeness (QED) is 0.358. The van der Waals surface area contributed by atoms with Gasteiger partial charge in [-0.2, -0.15) is 0 Å². The molecule has 6 heteroatoms. The number of hydrogen-bond acceptors (Lipinski definition) is 5. The molecule has 0 aromatic carbocycles. The van der Waals surface area contributed by atoms with E-state index in [0.29, 0.717) is 25.7 Å². The highest BCUT2D eigenvalue weighted by Crippen LogP contribution is 2.26. The summed E-state index contributed by atoms with van der Waals surface area (Å²) in [7, 11) is 0. The maximum atomic E-state index is 10.4. The minimum atomic E-state index is -0.837. The summed E-state index contributed by atoms with van der Waals surface area (Å²) in [6, 6.07) is 0. The number of ether oxygens (including phenoxy) is 1. The van der Waals surface area contributed by atoms with Gasteiger partial charge in [0.2, 0.25) is 0 Å². The van der Waals surface area contributed by atoms with Gasteiger partial charge in [0.05, 0.1) is 30.5 Å². The topological polar surface area (TPSA) is 107 Å². The van der Waals surface area contributed by atoms with Gasteiger partial charge in [-0.15, -0.1) is 0 Å². The SMILES string of the molecule is CC[C@H](O)/C=C/[C@H](O)[C@@H]1C[C@@H](O)[C@H](C/C=C\C/C=C\C/C=C\CCC(=O)O)O1. The van der Waals surface area contributed by atoms with E-state index >= 15 is 0 Å². The molecule has 1 saturated heterocycles. The Labute approximate surface area is 167 Å². The van der Waals surface area contributed by atoms with Crippen molar-refractivity contribution < 1.29 is 30.0 Å². The summed E-state index contributed by atoms with van der Waals surface area (Å²) in [5.74, 6) is -0.783. The summed E-state index contributed by atoms with van der Waals surface area (Å²) in [5.41, 5.74) is 0. The van der Waals surface area contributed by atoms with E-state index in [1.165, 1.54) is 6.08 Å². The lowest BCUT2D eigenvalue weighted by Crippen LogP contribution is -2.24. The first kappa shape index (κ1) is 24.3. The zero-order valence-corrected chi connectivity index (χ0v) is 16.6. The predicted octanol–water partition coefficient (Wildman–Crippen LogP) is 2.90. The fraction of sp³-hybridized carbons (Fsp3) is 0.591. The molecule has 0 unspecified atom stereocenters. The van der Waals surface area contributed by atoms with Crippen LogP contribution in [0.2, 0.25) is 0 Å². The average molecular weight is 395 g/mol. The first-order valence-electron chi connectivity index (χ1n) is 9.98. The maximum Gasteiger partial charge on any atom is 0.303 e. The maximum absolute atomic E-state index is 10.4. The minimum Gasteiger partial charge on any atom is -0.481 e. The van der Waals surface area contributed by atoms with Crippen LogP contribution in [0, 0.1) is 0 Å². The molecule has 0 aromatic rings. The Balaban J connectivity index is 2.23. The van der Waals surface area contributed by atoms with Gasteiger partial charge in [-0.3, -0.25) is 4.79 Å². The molecule has 1 aliphatic heterocycles. The highest BCUT2D eigenvalue weighted by molar-refractivity contribution is 5.66. The van der Waals surface area contributed by atoms with Crippen molar-refractivity contribution in [1.29, 1.82) is 0 Å². The van der Waals surface area contributed by atoms with Crippen molar-refractivity contribution in [2.45, 2.75) is 82.4 Å². The third-order valence-electron chi connectivity index (χ3n) is 4.52. The fourth-order valence-electron chi connectivity index (χ4n) is 2.79. The third-order valence-corrected chi connectivity index (χ3v) is 4.52. The summed E-state index contributed by atoms with van der Waals surface area (Å²) >= 11 is 0. The molecule has 1 aliphatic rings. The molecule has 158 valence electrons. The van der Waals surface area contributed by atoms with Crippen LogP contribution in [0.3, 0.4) is 0 Å². The van der Waals surface area contributed by atoms with Gasteiger partial charge in [0.1, 0.15) is 0 Å². The van der Waals surface area contributed by atoms with E-state index in [-0.39, 0.29) is 12.5 Å². The Morgan fingerprint density at radius 3 is 2.36 bits per heavy atom. The molecule has 1 fully saturated rings. The normalized spacial score (nSPS) is 25.5. The number of allylic oxidation sites excluding steroid dienone is 5. The van der Waals surface area contributed by atoms with E-state index in [2.05, 4.69) is 0 Å². The standard InChI is InChI=1S/C22H34O6/c1-2-17(23)14-15-18(24)21-16-19(25)20(28-21)12-10-8-6-4-3-5-7-9-11-13-22(26)27/h3-4,7-10,14-15,17-21,23-25H,2,5-6,11-13,16H2,1H3,(H,26,27)/b4-3-,9-7-,10-8-,15-14+/t17-,18-,19+,20-,21-/m0/s1. The van der Waals surface area contributed by atoms with E-state index < -0.39 is 30.4 Å². The lowest BCUT2D eigenvalue weighted by molar-refractivity contribution is -0.136.